The van der Waals surface area contributed by atoms with Crippen molar-refractivity contribution in [3.05, 3.63) is 127 Å². The average molecular weight is 426 g/mol. The van der Waals surface area contributed by atoms with Crippen LogP contribution in [0.4, 0.5) is 22.7 Å². The summed E-state index contributed by atoms with van der Waals surface area (Å²) in [6.45, 7) is 0. The first-order chi connectivity index (χ1) is 16.3. The quantitative estimate of drug-likeness (QED) is 0.291. The summed E-state index contributed by atoms with van der Waals surface area (Å²) < 4.78 is 2.33. The highest BCUT2D eigenvalue weighted by molar-refractivity contribution is 6.09. The van der Waals surface area contributed by atoms with Crippen molar-refractivity contribution < 1.29 is 0 Å². The zero-order valence-corrected chi connectivity index (χ0v) is 18.1. The highest BCUT2D eigenvalue weighted by Crippen LogP contribution is 2.32. The monoisotopic (exact) mass is 425 g/mol. The second-order valence-corrected chi connectivity index (χ2v) is 8.11. The van der Waals surface area contributed by atoms with E-state index in [-0.39, 0.29) is 0 Å². The van der Waals surface area contributed by atoms with E-state index in [1.807, 2.05) is 18.2 Å². The van der Waals surface area contributed by atoms with Gasteiger partial charge in [-0.2, -0.15) is 0 Å². The number of para-hydroxylation sites is 3. The lowest BCUT2D eigenvalue weighted by molar-refractivity contribution is 1.18. The number of hydrogen-bond donors (Lipinski definition) is 2. The molecule has 0 spiro atoms. The molecule has 0 saturated heterocycles. The van der Waals surface area contributed by atoms with Gasteiger partial charge in [0.15, 0.2) is 0 Å². The summed E-state index contributed by atoms with van der Waals surface area (Å²) in [4.78, 5) is 0. The standard InChI is InChI=1S/C30H23N3/c1-2-8-22(9-3-1)31-23-14-16-24(17-15-23)32-25-18-20-26(21-19-25)33-29-12-6-4-10-27(29)28-11-5-7-13-30(28)33/h1-21,31-32H. The Kier molecular flexibility index (Phi) is 4.78. The first-order valence-corrected chi connectivity index (χ1v) is 11.1. The van der Waals surface area contributed by atoms with Gasteiger partial charge in [-0.05, 0) is 72.8 Å². The molecule has 6 rings (SSSR count). The van der Waals surface area contributed by atoms with E-state index < -0.39 is 0 Å². The molecule has 0 aliphatic rings. The molecule has 158 valence electrons. The third kappa shape index (κ3) is 3.70. The van der Waals surface area contributed by atoms with E-state index in [4.69, 9.17) is 0 Å². The van der Waals surface area contributed by atoms with E-state index in [9.17, 15) is 0 Å². The van der Waals surface area contributed by atoms with Gasteiger partial charge in [-0.1, -0.05) is 54.6 Å². The van der Waals surface area contributed by atoms with Gasteiger partial charge < -0.3 is 15.2 Å². The SMILES string of the molecule is c1ccc(Nc2ccc(Nc3ccc(-n4c5ccccc5c5ccccc54)cc3)cc2)cc1. The van der Waals surface area contributed by atoms with Crippen LogP contribution in [-0.2, 0) is 0 Å². The van der Waals surface area contributed by atoms with Crippen LogP contribution in [0.15, 0.2) is 127 Å². The van der Waals surface area contributed by atoms with Gasteiger partial charge in [0.2, 0.25) is 0 Å². The fraction of sp³-hybridized carbons (Fsp3) is 0. The number of benzene rings is 5. The maximum Gasteiger partial charge on any atom is 0.0541 e. The van der Waals surface area contributed by atoms with Crippen LogP contribution in [0.2, 0.25) is 0 Å². The number of hydrogen-bond acceptors (Lipinski definition) is 2. The van der Waals surface area contributed by atoms with Gasteiger partial charge in [0.05, 0.1) is 11.0 Å². The third-order valence-electron chi connectivity index (χ3n) is 5.94. The van der Waals surface area contributed by atoms with Crippen LogP contribution < -0.4 is 10.6 Å². The van der Waals surface area contributed by atoms with E-state index in [1.165, 1.54) is 21.8 Å². The molecular weight excluding hydrogens is 402 g/mol. The number of rotatable bonds is 5. The predicted molar refractivity (Wildman–Crippen MR) is 140 cm³/mol. The molecule has 2 N–H and O–H groups in total. The molecule has 0 saturated carbocycles. The van der Waals surface area contributed by atoms with Crippen LogP contribution in [-0.4, -0.2) is 4.57 Å². The van der Waals surface area contributed by atoms with Crippen molar-refractivity contribution >= 4 is 44.6 Å². The van der Waals surface area contributed by atoms with Crippen LogP contribution in [0, 0.1) is 0 Å². The molecule has 3 nitrogen and oxygen atoms in total. The first kappa shape index (κ1) is 19.2. The molecule has 0 radical (unpaired) electrons. The van der Waals surface area contributed by atoms with E-state index in [1.54, 1.807) is 0 Å². The minimum atomic E-state index is 1.05. The Morgan fingerprint density at radius 1 is 0.364 bits per heavy atom. The number of aromatic nitrogens is 1. The predicted octanol–water partition coefficient (Wildman–Crippen LogP) is 8.27. The van der Waals surface area contributed by atoms with E-state index in [0.29, 0.717) is 0 Å². The van der Waals surface area contributed by atoms with Crippen molar-refractivity contribution in [2.75, 3.05) is 10.6 Å². The largest absolute Gasteiger partial charge is 0.356 e. The highest BCUT2D eigenvalue weighted by Gasteiger charge is 2.11. The molecular formula is C30H23N3. The molecule has 0 aliphatic heterocycles. The summed E-state index contributed by atoms with van der Waals surface area (Å²) in [7, 11) is 0. The third-order valence-corrected chi connectivity index (χ3v) is 5.94. The molecule has 0 bridgehead atoms. The van der Waals surface area contributed by atoms with Crippen molar-refractivity contribution in [1.82, 2.24) is 4.57 Å². The summed E-state index contributed by atoms with van der Waals surface area (Å²) >= 11 is 0. The Morgan fingerprint density at radius 2 is 0.758 bits per heavy atom. The Balaban J connectivity index is 1.25. The molecule has 3 heteroatoms. The van der Waals surface area contributed by atoms with Crippen molar-refractivity contribution in [3.63, 3.8) is 0 Å². The van der Waals surface area contributed by atoms with Gasteiger partial charge in [-0.15, -0.1) is 0 Å². The van der Waals surface area contributed by atoms with E-state index in [2.05, 4.69) is 124 Å². The first-order valence-electron chi connectivity index (χ1n) is 11.1. The topological polar surface area (TPSA) is 29.0 Å². The Labute approximate surface area is 192 Å². The van der Waals surface area contributed by atoms with Gasteiger partial charge in [-0.3, -0.25) is 0 Å². The van der Waals surface area contributed by atoms with Crippen molar-refractivity contribution in [2.45, 2.75) is 0 Å². The molecule has 33 heavy (non-hydrogen) atoms. The molecule has 1 heterocycles. The van der Waals surface area contributed by atoms with Crippen LogP contribution in [0.3, 0.4) is 0 Å². The lowest BCUT2D eigenvalue weighted by Crippen LogP contribution is -1.95. The van der Waals surface area contributed by atoms with Gasteiger partial charge >= 0.3 is 0 Å². The minimum absolute atomic E-state index is 1.05. The average Bonchev–Trinajstić information content (AvgIpc) is 3.21. The fourth-order valence-corrected chi connectivity index (χ4v) is 4.39. The summed E-state index contributed by atoms with van der Waals surface area (Å²) in [5.74, 6) is 0. The lowest BCUT2D eigenvalue weighted by atomic mass is 10.2. The van der Waals surface area contributed by atoms with Crippen LogP contribution in [0.1, 0.15) is 0 Å². The molecule has 6 aromatic rings. The van der Waals surface area contributed by atoms with E-state index >= 15 is 0 Å². The normalized spacial score (nSPS) is 11.0. The summed E-state index contributed by atoms with van der Waals surface area (Å²) in [6, 6.07) is 44.3. The highest BCUT2D eigenvalue weighted by atomic mass is 15.0. The second kappa shape index (κ2) is 8.21. The summed E-state index contributed by atoms with van der Waals surface area (Å²) in [5, 5.41) is 9.48. The smallest absolute Gasteiger partial charge is 0.0541 e. The molecule has 1 aromatic heterocycles. The zero-order chi connectivity index (χ0) is 22.0. The van der Waals surface area contributed by atoms with Crippen LogP contribution in [0.25, 0.3) is 27.5 Å². The molecule has 0 amide bonds. The van der Waals surface area contributed by atoms with Crippen molar-refractivity contribution in [1.29, 1.82) is 0 Å². The van der Waals surface area contributed by atoms with Crippen molar-refractivity contribution in [3.8, 4) is 5.69 Å². The number of nitrogens with one attached hydrogen (secondary N) is 2. The fourth-order valence-electron chi connectivity index (χ4n) is 4.39. The molecule has 5 aromatic carbocycles. The Hall–Kier alpha value is -4.50. The summed E-state index contributed by atoms with van der Waals surface area (Å²) in [5.41, 5.74) is 7.86. The van der Waals surface area contributed by atoms with Crippen molar-refractivity contribution in [2.24, 2.45) is 0 Å². The molecule has 0 fully saturated rings. The molecule has 0 aliphatic carbocycles. The van der Waals surface area contributed by atoms with E-state index in [0.717, 1.165) is 28.4 Å². The number of fused-ring (bicyclic) bond motifs is 3. The maximum absolute atomic E-state index is 3.50. The Morgan fingerprint density at radius 3 is 1.27 bits per heavy atom. The lowest BCUT2D eigenvalue weighted by Gasteiger charge is -2.11. The van der Waals surface area contributed by atoms with Gasteiger partial charge in [0.25, 0.3) is 0 Å². The Bertz CT molecular complexity index is 1480. The molecule has 0 atom stereocenters. The maximum atomic E-state index is 3.50. The van der Waals surface area contributed by atoms with Crippen LogP contribution >= 0.6 is 0 Å². The molecule has 0 unspecified atom stereocenters. The van der Waals surface area contributed by atoms with Crippen LogP contribution in [0.5, 0.6) is 0 Å². The summed E-state index contributed by atoms with van der Waals surface area (Å²) in [6.07, 6.45) is 0. The number of nitrogens with zero attached hydrogens (tertiary/aromatic N) is 1. The van der Waals surface area contributed by atoms with Gasteiger partial charge in [0.1, 0.15) is 0 Å². The second-order valence-electron chi connectivity index (χ2n) is 8.11. The van der Waals surface area contributed by atoms with Gasteiger partial charge in [-0.25, -0.2) is 0 Å². The number of anilines is 4. The minimum Gasteiger partial charge on any atom is -0.356 e. The zero-order valence-electron chi connectivity index (χ0n) is 18.1. The van der Waals surface area contributed by atoms with Gasteiger partial charge in [0, 0.05) is 39.2 Å².